The molecule has 2 fully saturated rings. The summed E-state index contributed by atoms with van der Waals surface area (Å²) in [6.07, 6.45) is 8.21. The molecule has 1 N–H and O–H groups in total. The quantitative estimate of drug-likeness (QED) is 0.898. The lowest BCUT2D eigenvalue weighted by Gasteiger charge is -2.40. The second-order valence-electron chi connectivity index (χ2n) is 6.79. The van der Waals surface area contributed by atoms with Crippen molar-refractivity contribution in [2.45, 2.75) is 52.0 Å². The highest BCUT2D eigenvalue weighted by molar-refractivity contribution is 5.49. The summed E-state index contributed by atoms with van der Waals surface area (Å²) >= 11 is 0. The predicted molar refractivity (Wildman–Crippen MR) is 86.1 cm³/mol. The Morgan fingerprint density at radius 2 is 1.81 bits per heavy atom. The minimum absolute atomic E-state index is 0.110. The maximum atomic E-state index is 13.8. The number of hydrogen-bond acceptors (Lipinski definition) is 2. The number of nitrogens with zero attached hydrogens (tertiary/aromatic N) is 1. The summed E-state index contributed by atoms with van der Waals surface area (Å²) in [5.74, 6) is -0.110. The highest BCUT2D eigenvalue weighted by Gasteiger charge is 2.36. The van der Waals surface area contributed by atoms with E-state index in [-0.39, 0.29) is 5.82 Å². The van der Waals surface area contributed by atoms with E-state index in [1.54, 1.807) is 12.1 Å². The maximum absolute atomic E-state index is 13.8. The van der Waals surface area contributed by atoms with E-state index in [1.807, 2.05) is 0 Å². The zero-order chi connectivity index (χ0) is 14.7. The second-order valence-corrected chi connectivity index (χ2v) is 6.79. The number of halogens is 1. The van der Waals surface area contributed by atoms with Crippen LogP contribution in [-0.2, 0) is 6.54 Å². The summed E-state index contributed by atoms with van der Waals surface area (Å²) < 4.78 is 13.8. The first kappa shape index (κ1) is 14.8. The molecule has 1 saturated heterocycles. The normalized spacial score (nSPS) is 21.1. The van der Waals surface area contributed by atoms with Crippen molar-refractivity contribution in [3.8, 4) is 0 Å². The van der Waals surface area contributed by atoms with Gasteiger partial charge in [-0.2, -0.15) is 0 Å². The molecule has 116 valence electrons. The number of benzene rings is 1. The molecule has 0 unspecified atom stereocenters. The molecule has 0 amide bonds. The molecule has 2 aliphatic rings. The molecular weight excluding hydrogens is 263 g/mol. The lowest BCUT2D eigenvalue weighted by atomic mass is 9.77. The molecule has 2 nitrogen and oxygen atoms in total. The van der Waals surface area contributed by atoms with Crippen LogP contribution in [0.25, 0.3) is 0 Å². The molecule has 1 aromatic carbocycles. The van der Waals surface area contributed by atoms with Crippen molar-refractivity contribution >= 4 is 5.69 Å². The Kier molecular flexibility index (Phi) is 4.48. The molecule has 1 aliphatic heterocycles. The summed E-state index contributed by atoms with van der Waals surface area (Å²) in [5.41, 5.74) is 2.74. The first-order valence-electron chi connectivity index (χ1n) is 8.46. The Bertz CT molecular complexity index is 470. The van der Waals surface area contributed by atoms with Gasteiger partial charge in [0.1, 0.15) is 5.82 Å². The molecule has 21 heavy (non-hydrogen) atoms. The lowest BCUT2D eigenvalue weighted by molar-refractivity contribution is 0.226. The van der Waals surface area contributed by atoms with Gasteiger partial charge in [0.15, 0.2) is 0 Å². The minimum atomic E-state index is -0.110. The van der Waals surface area contributed by atoms with E-state index in [0.717, 1.165) is 37.4 Å². The van der Waals surface area contributed by atoms with Crippen LogP contribution in [0.5, 0.6) is 0 Å². The molecule has 0 radical (unpaired) electrons. The summed E-state index contributed by atoms with van der Waals surface area (Å²) in [5, 5.41) is 3.28. The van der Waals surface area contributed by atoms with Crippen LogP contribution < -0.4 is 10.2 Å². The molecule has 0 bridgehead atoms. The summed E-state index contributed by atoms with van der Waals surface area (Å²) in [6.45, 7) is 5.91. The van der Waals surface area contributed by atoms with Gasteiger partial charge < -0.3 is 10.2 Å². The van der Waals surface area contributed by atoms with Crippen molar-refractivity contribution in [3.05, 3.63) is 29.6 Å². The first-order chi connectivity index (χ1) is 10.2. The first-order valence-corrected chi connectivity index (χ1v) is 8.46. The van der Waals surface area contributed by atoms with Gasteiger partial charge in [-0.15, -0.1) is 0 Å². The van der Waals surface area contributed by atoms with Crippen molar-refractivity contribution in [3.63, 3.8) is 0 Å². The average Bonchev–Trinajstić information content (AvgIpc) is 2.93. The summed E-state index contributed by atoms with van der Waals surface area (Å²) in [4.78, 5) is 2.38. The molecule has 1 saturated carbocycles. The average molecular weight is 290 g/mol. The monoisotopic (exact) mass is 290 g/mol. The van der Waals surface area contributed by atoms with Gasteiger partial charge >= 0.3 is 0 Å². The van der Waals surface area contributed by atoms with Gasteiger partial charge in [0, 0.05) is 25.3 Å². The number of anilines is 1. The van der Waals surface area contributed by atoms with E-state index in [4.69, 9.17) is 0 Å². The summed E-state index contributed by atoms with van der Waals surface area (Å²) in [7, 11) is 0. The standard InChI is InChI=1S/C18H27FN2/c1-2-20-14-15-11-16(19)13-17(12-15)21-9-7-18(8-10-21)5-3-4-6-18/h11-13,20H,2-10,14H2,1H3. The van der Waals surface area contributed by atoms with Crippen molar-refractivity contribution in [1.82, 2.24) is 5.32 Å². The van der Waals surface area contributed by atoms with Crippen LogP contribution in [0, 0.1) is 11.2 Å². The van der Waals surface area contributed by atoms with Gasteiger partial charge in [0.2, 0.25) is 0 Å². The number of nitrogens with one attached hydrogen (secondary N) is 1. The Balaban J connectivity index is 1.68. The molecule has 3 rings (SSSR count). The van der Waals surface area contributed by atoms with E-state index in [2.05, 4.69) is 23.2 Å². The van der Waals surface area contributed by atoms with Crippen LogP contribution in [-0.4, -0.2) is 19.6 Å². The van der Waals surface area contributed by atoms with E-state index in [0.29, 0.717) is 5.41 Å². The van der Waals surface area contributed by atoms with Gasteiger partial charge in [0.25, 0.3) is 0 Å². The molecular formula is C18H27FN2. The van der Waals surface area contributed by atoms with Gasteiger partial charge in [-0.1, -0.05) is 19.8 Å². The van der Waals surface area contributed by atoms with Crippen molar-refractivity contribution in [2.24, 2.45) is 5.41 Å². The minimum Gasteiger partial charge on any atom is -0.371 e. The Morgan fingerprint density at radius 3 is 2.48 bits per heavy atom. The maximum Gasteiger partial charge on any atom is 0.125 e. The molecule has 0 atom stereocenters. The fourth-order valence-electron chi connectivity index (χ4n) is 4.05. The Labute approximate surface area is 127 Å². The van der Waals surface area contributed by atoms with Crippen LogP contribution in [0.3, 0.4) is 0 Å². The van der Waals surface area contributed by atoms with Crippen LogP contribution >= 0.6 is 0 Å². The topological polar surface area (TPSA) is 15.3 Å². The second kappa shape index (κ2) is 6.35. The molecule has 1 aromatic rings. The highest BCUT2D eigenvalue weighted by Crippen LogP contribution is 2.46. The lowest BCUT2D eigenvalue weighted by Crippen LogP contribution is -2.39. The van der Waals surface area contributed by atoms with Crippen LogP contribution in [0.4, 0.5) is 10.1 Å². The molecule has 1 heterocycles. The van der Waals surface area contributed by atoms with Crippen LogP contribution in [0.2, 0.25) is 0 Å². The van der Waals surface area contributed by atoms with E-state index in [1.165, 1.54) is 38.5 Å². The van der Waals surface area contributed by atoms with E-state index >= 15 is 0 Å². The smallest absolute Gasteiger partial charge is 0.125 e. The number of hydrogen-bond donors (Lipinski definition) is 1. The van der Waals surface area contributed by atoms with Crippen LogP contribution in [0.1, 0.15) is 51.0 Å². The predicted octanol–water partition coefficient (Wildman–Crippen LogP) is 4.10. The van der Waals surface area contributed by atoms with Gasteiger partial charge in [-0.05, 0) is 61.4 Å². The third-order valence-corrected chi connectivity index (χ3v) is 5.37. The zero-order valence-corrected chi connectivity index (χ0v) is 13.1. The van der Waals surface area contributed by atoms with Gasteiger partial charge in [0.05, 0.1) is 0 Å². The summed E-state index contributed by atoms with van der Waals surface area (Å²) in [6, 6.07) is 5.50. The molecule has 1 aliphatic carbocycles. The van der Waals surface area contributed by atoms with Crippen molar-refractivity contribution in [1.29, 1.82) is 0 Å². The Morgan fingerprint density at radius 1 is 1.10 bits per heavy atom. The van der Waals surface area contributed by atoms with Crippen LogP contribution in [0.15, 0.2) is 18.2 Å². The fraction of sp³-hybridized carbons (Fsp3) is 0.667. The number of rotatable bonds is 4. The van der Waals surface area contributed by atoms with Gasteiger partial charge in [-0.3, -0.25) is 0 Å². The van der Waals surface area contributed by atoms with E-state index < -0.39 is 0 Å². The number of piperidine rings is 1. The molecule has 1 spiro atoms. The molecule has 3 heteroatoms. The Hall–Kier alpha value is -1.09. The fourth-order valence-corrected chi connectivity index (χ4v) is 4.05. The SMILES string of the molecule is CCNCc1cc(F)cc(N2CCC3(CCCC3)CC2)c1. The molecule has 0 aromatic heterocycles. The third kappa shape index (κ3) is 3.39. The van der Waals surface area contributed by atoms with Crippen molar-refractivity contribution in [2.75, 3.05) is 24.5 Å². The third-order valence-electron chi connectivity index (χ3n) is 5.37. The van der Waals surface area contributed by atoms with E-state index in [9.17, 15) is 4.39 Å². The largest absolute Gasteiger partial charge is 0.371 e. The van der Waals surface area contributed by atoms with Gasteiger partial charge in [-0.25, -0.2) is 4.39 Å². The zero-order valence-electron chi connectivity index (χ0n) is 13.1. The highest BCUT2D eigenvalue weighted by atomic mass is 19.1. The van der Waals surface area contributed by atoms with Crippen molar-refractivity contribution < 1.29 is 4.39 Å².